The van der Waals surface area contributed by atoms with Crippen LogP contribution in [0, 0.1) is 6.92 Å². The first-order chi connectivity index (χ1) is 12.1. The van der Waals surface area contributed by atoms with Crippen LogP contribution in [0.1, 0.15) is 55.0 Å². The van der Waals surface area contributed by atoms with Crippen LogP contribution in [-0.4, -0.2) is 20.4 Å². The highest BCUT2D eigenvalue weighted by molar-refractivity contribution is 5.95. The van der Waals surface area contributed by atoms with Gasteiger partial charge in [0.25, 0.3) is 0 Å². The number of rotatable bonds is 7. The first-order valence-electron chi connectivity index (χ1n) is 8.87. The Balaban J connectivity index is 1.94. The number of carbonyl (C=O) groups is 1. The van der Waals surface area contributed by atoms with Crippen molar-refractivity contribution < 1.29 is 9.53 Å². The minimum absolute atomic E-state index is 0.0495. The zero-order chi connectivity index (χ0) is 17.8. The zero-order valence-electron chi connectivity index (χ0n) is 15.1. The molecule has 25 heavy (non-hydrogen) atoms. The van der Waals surface area contributed by atoms with Gasteiger partial charge in [0.05, 0.1) is 5.52 Å². The van der Waals surface area contributed by atoms with Gasteiger partial charge in [0.15, 0.2) is 0 Å². The fourth-order valence-electron chi connectivity index (χ4n) is 3.35. The van der Waals surface area contributed by atoms with E-state index in [2.05, 4.69) is 16.9 Å². The van der Waals surface area contributed by atoms with E-state index in [0.717, 1.165) is 41.0 Å². The molecule has 5 nitrogen and oxygen atoms in total. The van der Waals surface area contributed by atoms with Gasteiger partial charge in [-0.05, 0) is 43.5 Å². The summed E-state index contributed by atoms with van der Waals surface area (Å²) in [6, 6.07) is 5.94. The van der Waals surface area contributed by atoms with Crippen molar-refractivity contribution >= 4 is 16.8 Å². The fourth-order valence-corrected chi connectivity index (χ4v) is 3.35. The van der Waals surface area contributed by atoms with Crippen LogP contribution < -0.4 is 4.74 Å². The molecule has 0 bridgehead atoms. The Hall–Kier alpha value is -2.56. The van der Waals surface area contributed by atoms with Crippen molar-refractivity contribution in [2.45, 2.75) is 53.1 Å². The summed E-state index contributed by atoms with van der Waals surface area (Å²) in [6.07, 6.45) is 7.99. The number of H-pyrrole nitrogens is 1. The van der Waals surface area contributed by atoms with E-state index in [0.29, 0.717) is 6.61 Å². The quantitative estimate of drug-likeness (QED) is 0.638. The Morgan fingerprint density at radius 2 is 2.16 bits per heavy atom. The normalized spacial score (nSPS) is 11.2. The summed E-state index contributed by atoms with van der Waals surface area (Å²) >= 11 is 0. The average molecular weight is 339 g/mol. The van der Waals surface area contributed by atoms with E-state index in [1.807, 2.05) is 29.7 Å². The number of fused-ring (bicyclic) bond motifs is 1. The molecule has 0 unspecified atom stereocenters. The minimum atomic E-state index is 0.0495. The van der Waals surface area contributed by atoms with Crippen molar-refractivity contribution in [3.63, 3.8) is 0 Å². The lowest BCUT2D eigenvalue weighted by molar-refractivity contribution is 0.0939. The maximum Gasteiger partial charge on any atom is 0.228 e. The lowest BCUT2D eigenvalue weighted by Crippen LogP contribution is -2.07. The van der Waals surface area contributed by atoms with E-state index in [1.54, 1.807) is 19.3 Å². The molecule has 0 radical (unpaired) electrons. The summed E-state index contributed by atoms with van der Waals surface area (Å²) < 4.78 is 7.67. The third-order valence-electron chi connectivity index (χ3n) is 4.58. The molecule has 0 amide bonds. The lowest BCUT2D eigenvalue weighted by Gasteiger charge is -2.06. The van der Waals surface area contributed by atoms with Gasteiger partial charge in [-0.2, -0.15) is 0 Å². The molecule has 3 rings (SSSR count). The number of nitrogens with zero attached hydrogens (tertiary/aromatic N) is 2. The molecule has 0 spiro atoms. The van der Waals surface area contributed by atoms with Crippen LogP contribution in [-0.2, 0) is 13.0 Å². The summed E-state index contributed by atoms with van der Waals surface area (Å²) in [5, 5.41) is 1.11. The minimum Gasteiger partial charge on any atom is -0.486 e. The molecule has 0 atom stereocenters. The van der Waals surface area contributed by atoms with Crippen molar-refractivity contribution in [3.05, 3.63) is 47.7 Å². The van der Waals surface area contributed by atoms with Crippen molar-refractivity contribution in [2.75, 3.05) is 0 Å². The topological polar surface area (TPSA) is 59.9 Å². The molecule has 5 heteroatoms. The van der Waals surface area contributed by atoms with Crippen LogP contribution in [0.5, 0.6) is 5.75 Å². The monoisotopic (exact) mass is 339 g/mol. The maximum absolute atomic E-state index is 12.1. The van der Waals surface area contributed by atoms with Crippen molar-refractivity contribution in [3.8, 4) is 5.75 Å². The number of hydrogen-bond donors (Lipinski definition) is 1. The van der Waals surface area contributed by atoms with Gasteiger partial charge < -0.3 is 9.72 Å². The van der Waals surface area contributed by atoms with Crippen molar-refractivity contribution in [2.24, 2.45) is 0 Å². The van der Waals surface area contributed by atoms with Gasteiger partial charge in [0.1, 0.15) is 18.2 Å². The van der Waals surface area contributed by atoms with Gasteiger partial charge in [-0.25, -0.2) is 4.98 Å². The first-order valence-corrected chi connectivity index (χ1v) is 8.87. The number of aromatic amines is 1. The highest BCUT2D eigenvalue weighted by atomic mass is 16.5. The third-order valence-corrected chi connectivity index (χ3v) is 4.58. The Labute approximate surface area is 148 Å². The number of imidazole rings is 1. The van der Waals surface area contributed by atoms with E-state index in [-0.39, 0.29) is 5.91 Å². The number of aromatic nitrogens is 3. The molecule has 0 fully saturated rings. The maximum atomic E-state index is 12.1. The number of hydrogen-bond acceptors (Lipinski definition) is 3. The molecule has 0 saturated heterocycles. The van der Waals surface area contributed by atoms with Gasteiger partial charge >= 0.3 is 0 Å². The number of carbonyl (C=O) groups excluding carboxylic acids is 1. The molecule has 132 valence electrons. The number of nitrogens with one attached hydrogen (secondary N) is 1. The Kier molecular flexibility index (Phi) is 5.22. The molecule has 2 heterocycles. The Bertz CT molecular complexity index is 863. The van der Waals surface area contributed by atoms with E-state index < -0.39 is 0 Å². The average Bonchev–Trinajstić information content (AvgIpc) is 3.19. The smallest absolute Gasteiger partial charge is 0.228 e. The molecule has 3 aromatic rings. The largest absolute Gasteiger partial charge is 0.486 e. The summed E-state index contributed by atoms with van der Waals surface area (Å²) in [7, 11) is 0. The highest BCUT2D eigenvalue weighted by Gasteiger charge is 2.17. The van der Waals surface area contributed by atoms with Crippen LogP contribution in [0.4, 0.5) is 0 Å². The van der Waals surface area contributed by atoms with E-state index in [1.165, 1.54) is 18.4 Å². The summed E-state index contributed by atoms with van der Waals surface area (Å²) in [5.74, 6) is 1.63. The lowest BCUT2D eigenvalue weighted by atomic mass is 10.0. The van der Waals surface area contributed by atoms with Crippen LogP contribution in [0.2, 0.25) is 0 Å². The fraction of sp³-hybridized carbons (Fsp3) is 0.400. The van der Waals surface area contributed by atoms with E-state index in [9.17, 15) is 4.79 Å². The molecule has 0 aliphatic rings. The van der Waals surface area contributed by atoms with Crippen LogP contribution in [0.25, 0.3) is 10.9 Å². The third kappa shape index (κ3) is 3.60. The Morgan fingerprint density at radius 3 is 2.84 bits per heavy atom. The van der Waals surface area contributed by atoms with Crippen LogP contribution in [0.15, 0.2) is 30.6 Å². The van der Waals surface area contributed by atoms with Gasteiger partial charge in [0, 0.05) is 30.4 Å². The zero-order valence-corrected chi connectivity index (χ0v) is 15.1. The van der Waals surface area contributed by atoms with Crippen molar-refractivity contribution in [1.29, 1.82) is 0 Å². The second-order valence-electron chi connectivity index (χ2n) is 6.38. The second-order valence-corrected chi connectivity index (χ2v) is 6.38. The van der Waals surface area contributed by atoms with Crippen LogP contribution in [0.3, 0.4) is 0 Å². The van der Waals surface area contributed by atoms with Gasteiger partial charge in [-0.15, -0.1) is 0 Å². The molecular weight excluding hydrogens is 314 g/mol. The molecule has 0 saturated carbocycles. The predicted molar refractivity (Wildman–Crippen MR) is 99.1 cm³/mol. The van der Waals surface area contributed by atoms with Crippen LogP contribution >= 0.6 is 0 Å². The van der Waals surface area contributed by atoms with Gasteiger partial charge in [-0.1, -0.05) is 19.8 Å². The Morgan fingerprint density at radius 1 is 1.32 bits per heavy atom. The second kappa shape index (κ2) is 7.55. The molecule has 0 aliphatic heterocycles. The molecule has 1 N–H and O–H groups in total. The predicted octanol–water partition coefficient (Wildman–Crippen LogP) is 4.64. The van der Waals surface area contributed by atoms with Gasteiger partial charge in [0.2, 0.25) is 5.91 Å². The molecule has 0 aliphatic carbocycles. The number of ether oxygens (including phenoxy) is 1. The summed E-state index contributed by atoms with van der Waals surface area (Å²) in [4.78, 5) is 19.3. The van der Waals surface area contributed by atoms with E-state index in [4.69, 9.17) is 4.74 Å². The molecule has 2 aromatic heterocycles. The van der Waals surface area contributed by atoms with E-state index >= 15 is 0 Å². The summed E-state index contributed by atoms with van der Waals surface area (Å²) in [5.41, 5.74) is 3.26. The summed E-state index contributed by atoms with van der Waals surface area (Å²) in [6.45, 7) is 6.25. The van der Waals surface area contributed by atoms with Crippen molar-refractivity contribution in [1.82, 2.24) is 14.5 Å². The number of benzene rings is 1. The molecule has 1 aromatic carbocycles. The molecular formula is C20H25N3O2. The number of unbranched alkanes of at least 4 members (excludes halogenated alkanes) is 2. The first kappa shape index (κ1) is 17.3. The highest BCUT2D eigenvalue weighted by Crippen LogP contribution is 2.31. The SMILES string of the molecule is CCCCCc1c(C)n(C(C)=O)c2ccc(OCc3ncc[nH]3)cc12. The standard InChI is InChI=1S/C20H25N3O2/c1-4-5-6-7-17-14(2)23(15(3)24)19-9-8-16(12-18(17)19)25-13-20-21-10-11-22-20/h8-12H,4-7,13H2,1-3H3,(H,21,22). The number of aryl methyl sites for hydroxylation is 1. The van der Waals surface area contributed by atoms with Gasteiger partial charge in [-0.3, -0.25) is 9.36 Å².